The van der Waals surface area contributed by atoms with Gasteiger partial charge in [-0.3, -0.25) is 9.89 Å². The van der Waals surface area contributed by atoms with Crippen molar-refractivity contribution in [2.75, 3.05) is 10.6 Å². The van der Waals surface area contributed by atoms with E-state index in [0.29, 0.717) is 18.7 Å². The van der Waals surface area contributed by atoms with E-state index in [2.05, 4.69) is 20.8 Å². The number of sulfonamides is 1. The first kappa shape index (κ1) is 22.1. The van der Waals surface area contributed by atoms with Crippen molar-refractivity contribution in [3.8, 4) is 5.75 Å². The number of primary sulfonamides is 1. The van der Waals surface area contributed by atoms with Crippen LogP contribution in [-0.4, -0.2) is 29.6 Å². The van der Waals surface area contributed by atoms with E-state index in [1.807, 2.05) is 26.0 Å². The van der Waals surface area contributed by atoms with E-state index in [-0.39, 0.29) is 27.8 Å². The molecule has 3 aromatic rings. The third-order valence-corrected chi connectivity index (χ3v) is 5.67. The summed E-state index contributed by atoms with van der Waals surface area (Å²) in [6.07, 6.45) is 0.688. The molecule has 3 rings (SSSR count). The van der Waals surface area contributed by atoms with Crippen LogP contribution in [0.3, 0.4) is 0 Å². The number of carbonyl (C=O) groups is 1. The molecule has 164 valence electrons. The average molecular weight is 445 g/mol. The minimum atomic E-state index is -3.80. The molecular formula is C20H24N6O4S. The van der Waals surface area contributed by atoms with Crippen molar-refractivity contribution in [3.63, 3.8) is 0 Å². The zero-order valence-corrected chi connectivity index (χ0v) is 17.9. The van der Waals surface area contributed by atoms with Crippen molar-refractivity contribution in [2.45, 2.75) is 31.7 Å². The highest BCUT2D eigenvalue weighted by molar-refractivity contribution is 7.89. The first-order valence-electron chi connectivity index (χ1n) is 9.43. The molecule has 31 heavy (non-hydrogen) atoms. The number of aromatic hydroxyl groups is 1. The van der Waals surface area contributed by atoms with Crippen molar-refractivity contribution in [1.29, 1.82) is 0 Å². The number of nitrogens with two attached hydrogens (primary N) is 2. The lowest BCUT2D eigenvalue weighted by Crippen LogP contribution is -2.15. The van der Waals surface area contributed by atoms with Crippen LogP contribution in [0.4, 0.5) is 17.3 Å². The molecular weight excluding hydrogens is 420 g/mol. The molecule has 0 radical (unpaired) electrons. The highest BCUT2D eigenvalue weighted by Crippen LogP contribution is 2.27. The van der Waals surface area contributed by atoms with Crippen LogP contribution in [0.25, 0.3) is 0 Å². The molecule has 11 heteroatoms. The fourth-order valence-corrected chi connectivity index (χ4v) is 3.68. The Kier molecular flexibility index (Phi) is 6.18. The second-order valence-electron chi connectivity index (χ2n) is 7.01. The molecule has 8 N–H and O–H groups in total. The zero-order valence-electron chi connectivity index (χ0n) is 17.1. The van der Waals surface area contributed by atoms with Crippen molar-refractivity contribution in [3.05, 3.63) is 58.7 Å². The van der Waals surface area contributed by atoms with E-state index in [1.54, 1.807) is 0 Å². The SMILES string of the molecule is CCc1cc(CNc2n[nH]c(Nc3ccc(S(N)(=O)=O)cc3)c2C(N)=O)cc(C)c1O. The second kappa shape index (κ2) is 8.66. The maximum atomic E-state index is 12.0. The number of nitrogens with zero attached hydrogens (tertiary/aromatic N) is 1. The van der Waals surface area contributed by atoms with Gasteiger partial charge in [-0.15, -0.1) is 0 Å². The molecule has 2 aromatic carbocycles. The number of carbonyl (C=O) groups excluding carboxylic acids is 1. The predicted molar refractivity (Wildman–Crippen MR) is 118 cm³/mol. The van der Waals surface area contributed by atoms with E-state index in [1.165, 1.54) is 24.3 Å². The van der Waals surface area contributed by atoms with Gasteiger partial charge in [0.1, 0.15) is 17.1 Å². The molecule has 10 nitrogen and oxygen atoms in total. The lowest BCUT2D eigenvalue weighted by molar-refractivity contribution is 0.100. The van der Waals surface area contributed by atoms with Gasteiger partial charge in [0, 0.05) is 12.2 Å². The molecule has 0 aliphatic heterocycles. The number of phenolic OH excluding ortho intramolecular Hbond substituents is 1. The van der Waals surface area contributed by atoms with Gasteiger partial charge in [-0.05, 0) is 54.3 Å². The number of aryl methyl sites for hydroxylation is 2. The Bertz CT molecular complexity index is 1220. The van der Waals surface area contributed by atoms with Crippen molar-refractivity contribution >= 4 is 33.3 Å². The van der Waals surface area contributed by atoms with Crippen LogP contribution >= 0.6 is 0 Å². The van der Waals surface area contributed by atoms with Crippen LogP contribution in [-0.2, 0) is 23.0 Å². The van der Waals surface area contributed by atoms with Gasteiger partial charge in [0.15, 0.2) is 5.82 Å². The van der Waals surface area contributed by atoms with Gasteiger partial charge in [0.25, 0.3) is 5.91 Å². The number of benzene rings is 2. The van der Waals surface area contributed by atoms with Gasteiger partial charge < -0.3 is 21.5 Å². The molecule has 0 aliphatic rings. The summed E-state index contributed by atoms with van der Waals surface area (Å²) in [7, 11) is -3.80. The quantitative estimate of drug-likeness (QED) is 0.308. The largest absolute Gasteiger partial charge is 0.507 e. The van der Waals surface area contributed by atoms with Gasteiger partial charge in [0.2, 0.25) is 10.0 Å². The summed E-state index contributed by atoms with van der Waals surface area (Å²) in [6.45, 7) is 4.14. The molecule has 0 saturated heterocycles. The van der Waals surface area contributed by atoms with Gasteiger partial charge in [-0.1, -0.05) is 19.1 Å². The third-order valence-electron chi connectivity index (χ3n) is 4.74. The normalized spacial score (nSPS) is 11.3. The molecule has 1 heterocycles. The number of amides is 1. The topological polar surface area (TPSA) is 176 Å². The number of hydrogen-bond acceptors (Lipinski definition) is 7. The second-order valence-corrected chi connectivity index (χ2v) is 8.57. The summed E-state index contributed by atoms with van der Waals surface area (Å²) in [5.41, 5.74) is 8.69. The van der Waals surface area contributed by atoms with Crippen LogP contribution in [0, 0.1) is 6.92 Å². The number of hydrogen-bond donors (Lipinski definition) is 6. The third kappa shape index (κ3) is 4.95. The smallest absolute Gasteiger partial charge is 0.256 e. The lowest BCUT2D eigenvalue weighted by atomic mass is 10.0. The fraction of sp³-hybridized carbons (Fsp3) is 0.200. The Hall–Kier alpha value is -3.57. The molecule has 0 spiro atoms. The summed E-state index contributed by atoms with van der Waals surface area (Å²) in [5, 5.41) is 28.1. The Morgan fingerprint density at radius 3 is 2.48 bits per heavy atom. The van der Waals surface area contributed by atoms with Gasteiger partial charge >= 0.3 is 0 Å². The Balaban J connectivity index is 1.81. The summed E-state index contributed by atoms with van der Waals surface area (Å²) < 4.78 is 22.8. The number of aromatic amines is 1. The zero-order chi connectivity index (χ0) is 22.8. The Morgan fingerprint density at radius 1 is 1.23 bits per heavy atom. The van der Waals surface area contributed by atoms with Crippen LogP contribution in [0.2, 0.25) is 0 Å². The minimum Gasteiger partial charge on any atom is -0.507 e. The lowest BCUT2D eigenvalue weighted by Gasteiger charge is -2.11. The molecule has 0 aliphatic carbocycles. The number of rotatable bonds is 8. The number of aromatic nitrogens is 2. The average Bonchev–Trinajstić information content (AvgIpc) is 3.11. The van der Waals surface area contributed by atoms with Crippen molar-refractivity contribution < 1.29 is 18.3 Å². The monoisotopic (exact) mass is 444 g/mol. The van der Waals surface area contributed by atoms with Crippen LogP contribution in [0.5, 0.6) is 5.75 Å². The summed E-state index contributed by atoms with van der Waals surface area (Å²) in [4.78, 5) is 12.0. The maximum Gasteiger partial charge on any atom is 0.256 e. The molecule has 0 atom stereocenters. The highest BCUT2D eigenvalue weighted by atomic mass is 32.2. The Morgan fingerprint density at radius 2 is 1.90 bits per heavy atom. The van der Waals surface area contributed by atoms with Gasteiger partial charge in [-0.2, -0.15) is 5.10 Å². The summed E-state index contributed by atoms with van der Waals surface area (Å²) >= 11 is 0. The number of anilines is 3. The molecule has 1 amide bonds. The van der Waals surface area contributed by atoms with E-state index >= 15 is 0 Å². The molecule has 0 unspecified atom stereocenters. The number of phenols is 1. The number of nitrogens with one attached hydrogen (secondary N) is 3. The standard InChI is InChI=1S/C20H24N6O4S/c1-3-13-9-12(8-11(2)17(13)27)10-23-19-16(18(21)28)20(26-25-19)24-14-4-6-15(7-5-14)31(22,29)30/h4-9,27H,3,10H2,1-2H3,(H2,21,28)(H2,22,29,30)(H3,23,24,25,26). The van der Waals surface area contributed by atoms with Crippen molar-refractivity contribution in [1.82, 2.24) is 10.2 Å². The van der Waals surface area contributed by atoms with E-state index in [9.17, 15) is 18.3 Å². The first-order valence-corrected chi connectivity index (χ1v) is 11.0. The van der Waals surface area contributed by atoms with Crippen LogP contribution < -0.4 is 21.5 Å². The molecule has 1 aromatic heterocycles. The highest BCUT2D eigenvalue weighted by Gasteiger charge is 2.19. The molecule has 0 saturated carbocycles. The minimum absolute atomic E-state index is 0.0317. The summed E-state index contributed by atoms with van der Waals surface area (Å²) in [6, 6.07) is 9.43. The van der Waals surface area contributed by atoms with Crippen LogP contribution in [0.15, 0.2) is 41.3 Å². The maximum absolute atomic E-state index is 12.0. The van der Waals surface area contributed by atoms with E-state index < -0.39 is 15.9 Å². The molecule has 0 bridgehead atoms. The van der Waals surface area contributed by atoms with Crippen LogP contribution in [0.1, 0.15) is 34.0 Å². The first-order chi connectivity index (χ1) is 14.6. The van der Waals surface area contributed by atoms with Gasteiger partial charge in [-0.25, -0.2) is 13.6 Å². The number of primary amides is 1. The van der Waals surface area contributed by atoms with Gasteiger partial charge in [0.05, 0.1) is 4.90 Å². The predicted octanol–water partition coefficient (Wildman–Crippen LogP) is 2.09. The Labute approximate surface area is 179 Å². The van der Waals surface area contributed by atoms with E-state index in [0.717, 1.165) is 16.7 Å². The number of H-pyrrole nitrogens is 1. The van der Waals surface area contributed by atoms with E-state index in [4.69, 9.17) is 10.9 Å². The molecule has 0 fully saturated rings. The summed E-state index contributed by atoms with van der Waals surface area (Å²) in [5.74, 6) is 0.106. The fourth-order valence-electron chi connectivity index (χ4n) is 3.16. The van der Waals surface area contributed by atoms with Crippen molar-refractivity contribution in [2.24, 2.45) is 10.9 Å².